The number of carbonyl (C=O) groups is 1. The van der Waals surface area contributed by atoms with E-state index in [4.69, 9.17) is 4.74 Å². The third kappa shape index (κ3) is 4.12. The Balaban J connectivity index is 1.57. The largest absolute Gasteiger partial charge is 0.381 e. The first-order valence-corrected chi connectivity index (χ1v) is 12.2. The standard InChI is InChI=1S/C21H26N2O4S2/c1-16-4-2-6-18(12-16)29(25,26)23-14-19(21(15-23)7-9-27-10-8-21)20(24)22-13-17-5-3-11-28-17/h2-6,11-12,19H,7-10,13-15H2,1H3,(H,22,24)/t19-/m1/s1. The van der Waals surface area contributed by atoms with Crippen LogP contribution in [-0.4, -0.2) is 44.9 Å². The molecule has 1 aromatic carbocycles. The van der Waals surface area contributed by atoms with Crippen LogP contribution < -0.4 is 5.32 Å². The number of sulfonamides is 1. The van der Waals surface area contributed by atoms with Crippen LogP contribution in [0.3, 0.4) is 0 Å². The number of nitrogens with zero attached hydrogens (tertiary/aromatic N) is 1. The Bertz CT molecular complexity index is 966. The molecule has 2 aliphatic rings. The average molecular weight is 435 g/mol. The first kappa shape index (κ1) is 20.5. The molecule has 8 heteroatoms. The molecule has 0 bridgehead atoms. The molecule has 2 fully saturated rings. The molecule has 6 nitrogen and oxygen atoms in total. The van der Waals surface area contributed by atoms with Crippen LogP contribution in [0.4, 0.5) is 0 Å². The molecule has 3 heterocycles. The normalized spacial score (nSPS) is 22.0. The van der Waals surface area contributed by atoms with Crippen LogP contribution in [0.1, 0.15) is 23.3 Å². The maximum Gasteiger partial charge on any atom is 0.243 e. The number of rotatable bonds is 5. The fourth-order valence-corrected chi connectivity index (χ4v) is 6.69. The second-order valence-corrected chi connectivity index (χ2v) is 10.9. The first-order valence-electron chi connectivity index (χ1n) is 9.85. The minimum atomic E-state index is -3.65. The van der Waals surface area contributed by atoms with Gasteiger partial charge in [0.25, 0.3) is 0 Å². The lowest BCUT2D eigenvalue weighted by molar-refractivity contribution is -0.130. The molecule has 0 radical (unpaired) electrons. The second kappa shape index (κ2) is 8.18. The van der Waals surface area contributed by atoms with Crippen LogP contribution in [-0.2, 0) is 26.1 Å². The molecular formula is C21H26N2O4S2. The fraction of sp³-hybridized carbons (Fsp3) is 0.476. The number of ether oxygens (including phenoxy) is 1. The maximum atomic E-state index is 13.3. The van der Waals surface area contributed by atoms with Crippen LogP contribution >= 0.6 is 11.3 Å². The van der Waals surface area contributed by atoms with Crippen molar-refractivity contribution < 1.29 is 17.9 Å². The minimum absolute atomic E-state index is 0.0674. The van der Waals surface area contributed by atoms with Crippen LogP contribution in [0, 0.1) is 18.3 Å². The summed E-state index contributed by atoms with van der Waals surface area (Å²) in [6.45, 7) is 4.06. The molecule has 2 saturated heterocycles. The molecule has 0 aliphatic carbocycles. The number of benzene rings is 1. The molecule has 2 aromatic rings. The maximum absolute atomic E-state index is 13.3. The predicted octanol–water partition coefficient (Wildman–Crippen LogP) is 2.79. The van der Waals surface area contributed by atoms with E-state index in [1.807, 2.05) is 30.5 Å². The molecule has 0 unspecified atom stereocenters. The topological polar surface area (TPSA) is 75.7 Å². The Morgan fingerprint density at radius 1 is 1.28 bits per heavy atom. The van der Waals surface area contributed by atoms with Gasteiger partial charge in [-0.2, -0.15) is 4.31 Å². The van der Waals surface area contributed by atoms with E-state index in [1.54, 1.807) is 29.5 Å². The van der Waals surface area contributed by atoms with Gasteiger partial charge in [-0.05, 0) is 48.9 Å². The molecule has 0 saturated carbocycles. The highest BCUT2D eigenvalue weighted by Crippen LogP contribution is 2.46. The van der Waals surface area contributed by atoms with Crippen LogP contribution in [0.5, 0.6) is 0 Å². The van der Waals surface area contributed by atoms with Crippen molar-refractivity contribution in [3.05, 3.63) is 52.2 Å². The van der Waals surface area contributed by atoms with Gasteiger partial charge in [-0.3, -0.25) is 4.79 Å². The molecule has 1 N–H and O–H groups in total. The minimum Gasteiger partial charge on any atom is -0.381 e. The molecule has 4 rings (SSSR count). The summed E-state index contributed by atoms with van der Waals surface area (Å²) >= 11 is 1.60. The van der Waals surface area contributed by atoms with Crippen LogP contribution in [0.25, 0.3) is 0 Å². The van der Waals surface area contributed by atoms with Crippen LogP contribution in [0.2, 0.25) is 0 Å². The number of nitrogens with one attached hydrogen (secondary N) is 1. The van der Waals surface area contributed by atoms with Gasteiger partial charge in [0.1, 0.15) is 0 Å². The summed E-state index contributed by atoms with van der Waals surface area (Å²) in [4.78, 5) is 14.5. The summed E-state index contributed by atoms with van der Waals surface area (Å²) in [5.41, 5.74) is 0.533. The molecule has 1 spiro atoms. The molecule has 156 valence electrons. The fourth-order valence-electron chi connectivity index (χ4n) is 4.39. The summed E-state index contributed by atoms with van der Waals surface area (Å²) in [5.74, 6) is -0.437. The Morgan fingerprint density at radius 2 is 2.07 bits per heavy atom. The number of thiophene rings is 1. The zero-order valence-electron chi connectivity index (χ0n) is 16.5. The van der Waals surface area contributed by atoms with Gasteiger partial charge in [-0.15, -0.1) is 11.3 Å². The monoisotopic (exact) mass is 434 g/mol. The highest BCUT2D eigenvalue weighted by molar-refractivity contribution is 7.89. The predicted molar refractivity (Wildman–Crippen MR) is 112 cm³/mol. The Kier molecular flexibility index (Phi) is 5.79. The van der Waals surface area contributed by atoms with Crippen molar-refractivity contribution in [2.24, 2.45) is 11.3 Å². The molecule has 1 amide bonds. The van der Waals surface area contributed by atoms with Gasteiger partial charge in [-0.1, -0.05) is 18.2 Å². The zero-order valence-corrected chi connectivity index (χ0v) is 18.1. The Hall–Kier alpha value is -1.74. The lowest BCUT2D eigenvalue weighted by Crippen LogP contribution is -2.44. The lowest BCUT2D eigenvalue weighted by Gasteiger charge is -2.37. The van der Waals surface area contributed by atoms with Gasteiger partial charge in [0, 0.05) is 36.6 Å². The van der Waals surface area contributed by atoms with Crippen molar-refractivity contribution in [3.63, 3.8) is 0 Å². The van der Waals surface area contributed by atoms with E-state index in [1.165, 1.54) is 4.31 Å². The number of aryl methyl sites for hydroxylation is 1. The van der Waals surface area contributed by atoms with Crippen molar-refractivity contribution in [2.45, 2.75) is 31.2 Å². The van der Waals surface area contributed by atoms with E-state index < -0.39 is 10.0 Å². The van der Waals surface area contributed by atoms with E-state index >= 15 is 0 Å². The van der Waals surface area contributed by atoms with Crippen molar-refractivity contribution >= 4 is 27.3 Å². The van der Waals surface area contributed by atoms with Gasteiger partial charge in [-0.25, -0.2) is 8.42 Å². The third-order valence-corrected chi connectivity index (χ3v) is 8.75. The van der Waals surface area contributed by atoms with Gasteiger partial charge in [0.15, 0.2) is 0 Å². The first-order chi connectivity index (χ1) is 13.9. The van der Waals surface area contributed by atoms with Crippen molar-refractivity contribution in [1.82, 2.24) is 9.62 Å². The smallest absolute Gasteiger partial charge is 0.243 e. The summed E-state index contributed by atoms with van der Waals surface area (Å²) < 4.78 is 33.6. The lowest BCUT2D eigenvalue weighted by atomic mass is 9.72. The van der Waals surface area contributed by atoms with E-state index in [-0.39, 0.29) is 23.8 Å². The van der Waals surface area contributed by atoms with Gasteiger partial charge in [0.2, 0.25) is 15.9 Å². The SMILES string of the molecule is Cc1cccc(S(=O)(=O)N2C[C@H](C(=O)NCc3cccs3)C3(CCOCC3)C2)c1. The van der Waals surface area contributed by atoms with Crippen molar-refractivity contribution in [3.8, 4) is 0 Å². The van der Waals surface area contributed by atoms with Gasteiger partial charge < -0.3 is 10.1 Å². The highest BCUT2D eigenvalue weighted by atomic mass is 32.2. The average Bonchev–Trinajstić information content (AvgIpc) is 3.35. The zero-order chi connectivity index (χ0) is 20.5. The second-order valence-electron chi connectivity index (χ2n) is 7.94. The summed E-state index contributed by atoms with van der Waals surface area (Å²) in [6.07, 6.45) is 1.40. The van der Waals surface area contributed by atoms with E-state index in [0.717, 1.165) is 10.4 Å². The quantitative estimate of drug-likeness (QED) is 0.785. The molecule has 29 heavy (non-hydrogen) atoms. The summed E-state index contributed by atoms with van der Waals surface area (Å²) in [7, 11) is -3.65. The number of hydrogen-bond donors (Lipinski definition) is 1. The number of carbonyl (C=O) groups excluding carboxylic acids is 1. The molecule has 2 aliphatic heterocycles. The Labute approximate surface area is 175 Å². The number of hydrogen-bond acceptors (Lipinski definition) is 5. The molecular weight excluding hydrogens is 408 g/mol. The van der Waals surface area contributed by atoms with E-state index in [0.29, 0.717) is 44.0 Å². The van der Waals surface area contributed by atoms with Crippen molar-refractivity contribution in [2.75, 3.05) is 26.3 Å². The number of amides is 1. The highest BCUT2D eigenvalue weighted by Gasteiger charge is 2.53. The van der Waals surface area contributed by atoms with Gasteiger partial charge in [0.05, 0.1) is 17.4 Å². The summed E-state index contributed by atoms with van der Waals surface area (Å²) in [6, 6.07) is 10.9. The molecule has 1 aromatic heterocycles. The van der Waals surface area contributed by atoms with E-state index in [2.05, 4.69) is 5.32 Å². The van der Waals surface area contributed by atoms with Gasteiger partial charge >= 0.3 is 0 Å². The summed E-state index contributed by atoms with van der Waals surface area (Å²) in [5, 5.41) is 5.01. The third-order valence-electron chi connectivity index (χ3n) is 6.07. The Morgan fingerprint density at radius 3 is 2.76 bits per heavy atom. The van der Waals surface area contributed by atoms with Crippen LogP contribution in [0.15, 0.2) is 46.7 Å². The van der Waals surface area contributed by atoms with Crippen molar-refractivity contribution in [1.29, 1.82) is 0 Å². The molecule has 1 atom stereocenters. The van der Waals surface area contributed by atoms with E-state index in [9.17, 15) is 13.2 Å².